The molecule has 4 rings (SSSR count). The highest BCUT2D eigenvalue weighted by Crippen LogP contribution is 2.36. The molecular weight excluding hydrogens is 406 g/mol. The first-order valence-corrected chi connectivity index (χ1v) is 12.0. The third kappa shape index (κ3) is 5.20. The van der Waals surface area contributed by atoms with E-state index >= 15 is 0 Å². The topological polar surface area (TPSA) is 72.3 Å². The van der Waals surface area contributed by atoms with Crippen molar-refractivity contribution in [3.8, 4) is 6.07 Å². The number of hydrogen-bond donors (Lipinski definition) is 1. The number of carbonyl (C=O) groups is 1. The summed E-state index contributed by atoms with van der Waals surface area (Å²) in [5.74, 6) is 1.27. The second kappa shape index (κ2) is 10.2. The molecule has 7 heteroatoms. The number of thioether (sulfide) groups is 1. The van der Waals surface area contributed by atoms with Crippen LogP contribution in [-0.2, 0) is 24.2 Å². The molecule has 1 aromatic heterocycles. The molecule has 1 saturated heterocycles. The maximum absolute atomic E-state index is 12.4. The Labute approximate surface area is 188 Å². The molecule has 0 atom stereocenters. The number of pyridine rings is 1. The standard InChI is InChI=1S/C24H29N5OS/c1-28-14-10-19-20(15-25)24(27-23(21(19)16-28)29-12-5-6-13-29)31-17-22(30)26-11-9-18-7-3-2-4-8-18/h2-4,7-8H,5-6,9-14,16-17H2,1H3,(H,26,30). The molecule has 162 valence electrons. The van der Waals surface area contributed by atoms with Crippen LogP contribution in [0.25, 0.3) is 0 Å². The monoisotopic (exact) mass is 435 g/mol. The summed E-state index contributed by atoms with van der Waals surface area (Å²) in [6, 6.07) is 12.5. The number of hydrogen-bond acceptors (Lipinski definition) is 6. The number of amides is 1. The summed E-state index contributed by atoms with van der Waals surface area (Å²) in [6.45, 7) is 4.40. The number of likely N-dealkylation sites (N-methyl/N-ethyl adjacent to an activating group) is 1. The van der Waals surface area contributed by atoms with E-state index in [0.29, 0.717) is 17.1 Å². The summed E-state index contributed by atoms with van der Waals surface area (Å²) in [5.41, 5.74) is 4.19. The van der Waals surface area contributed by atoms with Crippen LogP contribution in [0, 0.1) is 11.3 Å². The van der Waals surface area contributed by atoms with Gasteiger partial charge in [0.2, 0.25) is 5.91 Å². The van der Waals surface area contributed by atoms with Crippen molar-refractivity contribution in [3.63, 3.8) is 0 Å². The summed E-state index contributed by atoms with van der Waals surface area (Å²) in [4.78, 5) is 22.0. The summed E-state index contributed by atoms with van der Waals surface area (Å²) >= 11 is 1.39. The Balaban J connectivity index is 1.46. The normalized spacial score (nSPS) is 16.1. The molecule has 1 aromatic carbocycles. The molecule has 1 fully saturated rings. The van der Waals surface area contributed by atoms with Gasteiger partial charge in [-0.3, -0.25) is 4.79 Å². The van der Waals surface area contributed by atoms with Crippen LogP contribution in [0.5, 0.6) is 0 Å². The van der Waals surface area contributed by atoms with Gasteiger partial charge in [0, 0.05) is 38.3 Å². The molecule has 0 unspecified atom stereocenters. The van der Waals surface area contributed by atoms with E-state index in [1.807, 2.05) is 18.2 Å². The number of benzene rings is 1. The van der Waals surface area contributed by atoms with E-state index in [-0.39, 0.29) is 11.7 Å². The van der Waals surface area contributed by atoms with E-state index in [0.717, 1.165) is 50.4 Å². The lowest BCUT2D eigenvalue weighted by Gasteiger charge is -2.31. The highest BCUT2D eigenvalue weighted by Gasteiger charge is 2.28. The quantitative estimate of drug-likeness (QED) is 0.674. The van der Waals surface area contributed by atoms with Crippen LogP contribution in [0.3, 0.4) is 0 Å². The Morgan fingerprint density at radius 2 is 1.97 bits per heavy atom. The van der Waals surface area contributed by atoms with Crippen molar-refractivity contribution in [1.29, 1.82) is 5.26 Å². The number of rotatable bonds is 7. The minimum atomic E-state index is -0.0215. The third-order valence-corrected chi connectivity index (χ3v) is 6.94. The average molecular weight is 436 g/mol. The number of fused-ring (bicyclic) bond motifs is 1. The minimum Gasteiger partial charge on any atom is -0.356 e. The molecule has 2 aliphatic heterocycles. The Hall–Kier alpha value is -2.56. The zero-order valence-electron chi connectivity index (χ0n) is 18.1. The van der Waals surface area contributed by atoms with Gasteiger partial charge in [-0.25, -0.2) is 4.98 Å². The molecule has 0 aliphatic carbocycles. The summed E-state index contributed by atoms with van der Waals surface area (Å²) < 4.78 is 0. The van der Waals surface area contributed by atoms with Gasteiger partial charge in [-0.05, 0) is 43.9 Å². The van der Waals surface area contributed by atoms with Gasteiger partial charge >= 0.3 is 0 Å². The van der Waals surface area contributed by atoms with E-state index in [2.05, 4.69) is 40.4 Å². The minimum absolute atomic E-state index is 0.0215. The van der Waals surface area contributed by atoms with Crippen LogP contribution in [0.4, 0.5) is 5.82 Å². The molecule has 2 aliphatic rings. The molecule has 0 bridgehead atoms. The molecule has 2 aromatic rings. The van der Waals surface area contributed by atoms with Crippen molar-refractivity contribution in [2.45, 2.75) is 37.3 Å². The molecule has 1 N–H and O–H groups in total. The van der Waals surface area contributed by atoms with Gasteiger partial charge in [0.25, 0.3) is 0 Å². The molecule has 6 nitrogen and oxygen atoms in total. The van der Waals surface area contributed by atoms with Gasteiger partial charge < -0.3 is 15.1 Å². The molecule has 1 amide bonds. The fourth-order valence-corrected chi connectivity index (χ4v) is 5.15. The van der Waals surface area contributed by atoms with Crippen LogP contribution in [0.15, 0.2) is 35.4 Å². The number of nitrogens with zero attached hydrogens (tertiary/aromatic N) is 4. The van der Waals surface area contributed by atoms with E-state index in [1.54, 1.807) is 0 Å². The van der Waals surface area contributed by atoms with Crippen molar-refractivity contribution in [3.05, 3.63) is 52.6 Å². The van der Waals surface area contributed by atoms with E-state index < -0.39 is 0 Å². The molecule has 0 saturated carbocycles. The van der Waals surface area contributed by atoms with E-state index in [4.69, 9.17) is 4.98 Å². The van der Waals surface area contributed by atoms with Crippen molar-refractivity contribution in [2.24, 2.45) is 0 Å². The highest BCUT2D eigenvalue weighted by atomic mass is 32.2. The SMILES string of the molecule is CN1CCc2c(C#N)c(SCC(=O)NCCc3ccccc3)nc(N3CCCC3)c2C1. The van der Waals surface area contributed by atoms with Gasteiger partial charge in [-0.1, -0.05) is 42.1 Å². The van der Waals surface area contributed by atoms with Gasteiger partial charge in [0.05, 0.1) is 11.3 Å². The van der Waals surface area contributed by atoms with Gasteiger partial charge in [0.15, 0.2) is 0 Å². The summed E-state index contributed by atoms with van der Waals surface area (Å²) in [7, 11) is 2.12. The van der Waals surface area contributed by atoms with Gasteiger partial charge in [-0.2, -0.15) is 5.26 Å². The summed E-state index contributed by atoms with van der Waals surface area (Å²) in [6.07, 6.45) is 4.02. The second-order valence-electron chi connectivity index (χ2n) is 8.24. The number of anilines is 1. The Morgan fingerprint density at radius 1 is 1.19 bits per heavy atom. The van der Waals surface area contributed by atoms with Crippen molar-refractivity contribution < 1.29 is 4.79 Å². The molecule has 0 radical (unpaired) electrons. The smallest absolute Gasteiger partial charge is 0.230 e. The zero-order valence-corrected chi connectivity index (χ0v) is 18.9. The molecular formula is C24H29N5OS. The molecule has 3 heterocycles. The number of carbonyl (C=O) groups excluding carboxylic acids is 1. The van der Waals surface area contributed by atoms with Crippen LogP contribution < -0.4 is 10.2 Å². The van der Waals surface area contributed by atoms with Gasteiger partial charge in [0.1, 0.15) is 16.9 Å². The maximum Gasteiger partial charge on any atom is 0.230 e. The van der Waals surface area contributed by atoms with Crippen LogP contribution in [-0.4, -0.2) is 54.8 Å². The van der Waals surface area contributed by atoms with E-state index in [1.165, 1.54) is 35.7 Å². The fourth-order valence-electron chi connectivity index (χ4n) is 4.31. The Kier molecular flexibility index (Phi) is 7.10. The predicted molar refractivity (Wildman–Crippen MR) is 124 cm³/mol. The molecule has 31 heavy (non-hydrogen) atoms. The zero-order chi connectivity index (χ0) is 21.6. The first-order chi connectivity index (χ1) is 15.2. The van der Waals surface area contributed by atoms with Crippen LogP contribution in [0.2, 0.25) is 0 Å². The van der Waals surface area contributed by atoms with Crippen molar-refractivity contribution in [2.75, 3.05) is 43.9 Å². The van der Waals surface area contributed by atoms with E-state index in [9.17, 15) is 10.1 Å². The summed E-state index contributed by atoms with van der Waals surface area (Å²) in [5, 5.41) is 13.6. The Morgan fingerprint density at radius 3 is 2.71 bits per heavy atom. The predicted octanol–water partition coefficient (Wildman–Crippen LogP) is 2.99. The van der Waals surface area contributed by atoms with Gasteiger partial charge in [-0.15, -0.1) is 0 Å². The first-order valence-electron chi connectivity index (χ1n) is 11.0. The number of nitriles is 1. The lowest BCUT2D eigenvalue weighted by Crippen LogP contribution is -2.31. The largest absolute Gasteiger partial charge is 0.356 e. The second-order valence-corrected chi connectivity index (χ2v) is 9.20. The lowest BCUT2D eigenvalue weighted by molar-refractivity contribution is -0.118. The van der Waals surface area contributed by atoms with Crippen LogP contribution in [0.1, 0.15) is 35.1 Å². The number of aromatic nitrogens is 1. The lowest BCUT2D eigenvalue weighted by atomic mass is 9.96. The maximum atomic E-state index is 12.4. The Bertz CT molecular complexity index is 966. The third-order valence-electron chi connectivity index (χ3n) is 5.96. The number of nitrogens with one attached hydrogen (secondary N) is 1. The first kappa shape index (κ1) is 21.7. The molecule has 0 spiro atoms. The van der Waals surface area contributed by atoms with Crippen molar-refractivity contribution in [1.82, 2.24) is 15.2 Å². The average Bonchev–Trinajstić information content (AvgIpc) is 3.32. The van der Waals surface area contributed by atoms with Crippen molar-refractivity contribution >= 4 is 23.5 Å². The highest BCUT2D eigenvalue weighted by molar-refractivity contribution is 8.00. The van der Waals surface area contributed by atoms with Crippen LogP contribution >= 0.6 is 11.8 Å². The fraction of sp³-hybridized carbons (Fsp3) is 0.458.